The smallest absolute Gasteiger partial charge is 0.373 e. The van der Waals surface area contributed by atoms with Gasteiger partial charge in [0.2, 0.25) is 0 Å². The first-order valence-electron chi connectivity index (χ1n) is 11.1. The van der Waals surface area contributed by atoms with Crippen molar-refractivity contribution in [2.24, 2.45) is 0 Å². The van der Waals surface area contributed by atoms with Crippen molar-refractivity contribution in [2.45, 2.75) is 44.4 Å². The van der Waals surface area contributed by atoms with E-state index in [1.165, 1.54) is 31.1 Å². The SMILES string of the molecule is C=CN1CCc2ncc(C(F)(F)F)cc2C1.CC(CNC1CCN(C)C1)c1ccccc1. The number of benzene rings is 1. The molecular formula is C25H33F3N4. The average molecular weight is 447 g/mol. The molecular weight excluding hydrogens is 413 g/mol. The van der Waals surface area contributed by atoms with Gasteiger partial charge in [0.25, 0.3) is 0 Å². The molecule has 0 spiro atoms. The monoisotopic (exact) mass is 446 g/mol. The van der Waals surface area contributed by atoms with Crippen LogP contribution < -0.4 is 5.32 Å². The third kappa shape index (κ3) is 6.81. The molecule has 0 saturated carbocycles. The maximum Gasteiger partial charge on any atom is 0.417 e. The molecule has 2 aromatic rings. The molecule has 1 N–H and O–H groups in total. The summed E-state index contributed by atoms with van der Waals surface area (Å²) in [6.45, 7) is 10.6. The summed E-state index contributed by atoms with van der Waals surface area (Å²) in [4.78, 5) is 8.15. The lowest BCUT2D eigenvalue weighted by atomic mass is 10.0. The molecule has 4 nitrogen and oxygen atoms in total. The largest absolute Gasteiger partial charge is 0.417 e. The molecule has 7 heteroatoms. The molecule has 4 rings (SSSR count). The quantitative estimate of drug-likeness (QED) is 0.722. The van der Waals surface area contributed by atoms with Crippen LogP contribution in [0, 0.1) is 0 Å². The number of hydrogen-bond acceptors (Lipinski definition) is 4. The normalized spacial score (nSPS) is 19.7. The molecule has 2 aliphatic rings. The van der Waals surface area contributed by atoms with E-state index in [0.717, 1.165) is 25.0 Å². The number of alkyl halides is 3. The minimum absolute atomic E-state index is 0.454. The van der Waals surface area contributed by atoms with E-state index in [-0.39, 0.29) is 0 Å². The molecule has 2 unspecified atom stereocenters. The van der Waals surface area contributed by atoms with Crippen LogP contribution >= 0.6 is 0 Å². The molecule has 2 atom stereocenters. The van der Waals surface area contributed by atoms with Crippen molar-refractivity contribution in [1.29, 1.82) is 0 Å². The van der Waals surface area contributed by atoms with Crippen LogP contribution in [0.3, 0.4) is 0 Å². The second-order valence-electron chi connectivity index (χ2n) is 8.70. The number of nitrogens with one attached hydrogen (secondary N) is 1. The van der Waals surface area contributed by atoms with E-state index >= 15 is 0 Å². The molecule has 0 radical (unpaired) electrons. The maximum atomic E-state index is 12.5. The van der Waals surface area contributed by atoms with Gasteiger partial charge in [-0.1, -0.05) is 43.8 Å². The number of rotatable bonds is 5. The molecule has 3 heterocycles. The minimum atomic E-state index is -4.32. The second kappa shape index (κ2) is 11.0. The topological polar surface area (TPSA) is 31.4 Å². The Morgan fingerprint density at radius 1 is 1.25 bits per heavy atom. The minimum Gasteiger partial charge on any atom is -0.373 e. The number of aromatic nitrogens is 1. The van der Waals surface area contributed by atoms with E-state index in [4.69, 9.17) is 0 Å². The van der Waals surface area contributed by atoms with Gasteiger partial charge in [-0.15, -0.1) is 0 Å². The van der Waals surface area contributed by atoms with Crippen LogP contribution in [0.2, 0.25) is 0 Å². The van der Waals surface area contributed by atoms with Crippen molar-refractivity contribution < 1.29 is 13.2 Å². The van der Waals surface area contributed by atoms with Gasteiger partial charge in [-0.25, -0.2) is 0 Å². The highest BCUT2D eigenvalue weighted by Crippen LogP contribution is 2.31. The Morgan fingerprint density at radius 3 is 2.62 bits per heavy atom. The standard InChI is InChI=1S/C14H22N2.C11H11F3N2/c1-12(13-6-4-3-5-7-13)10-15-14-8-9-16(2)11-14;1-2-16-4-3-10-8(7-16)5-9(6-15-10)11(12,13)14/h3-7,12,14-15H,8-11H2,1-2H3;2,5-6H,1,3-4,7H2. The zero-order chi connectivity index (χ0) is 23.1. The zero-order valence-electron chi connectivity index (χ0n) is 18.9. The van der Waals surface area contributed by atoms with Gasteiger partial charge in [0, 0.05) is 50.5 Å². The van der Waals surface area contributed by atoms with E-state index < -0.39 is 11.7 Å². The third-order valence-electron chi connectivity index (χ3n) is 6.13. The van der Waals surface area contributed by atoms with Crippen molar-refractivity contribution in [1.82, 2.24) is 20.1 Å². The summed E-state index contributed by atoms with van der Waals surface area (Å²) < 4.78 is 37.4. The average Bonchev–Trinajstić information content (AvgIpc) is 3.22. The van der Waals surface area contributed by atoms with Gasteiger partial charge in [-0.2, -0.15) is 13.2 Å². The van der Waals surface area contributed by atoms with E-state index in [2.05, 4.69) is 66.1 Å². The Bertz CT molecular complexity index is 869. The van der Waals surface area contributed by atoms with Crippen molar-refractivity contribution in [3.63, 3.8) is 0 Å². The highest BCUT2D eigenvalue weighted by molar-refractivity contribution is 5.29. The molecule has 0 aliphatic carbocycles. The van der Waals surface area contributed by atoms with Gasteiger partial charge in [0.05, 0.1) is 5.56 Å². The number of nitrogens with zero attached hydrogens (tertiary/aromatic N) is 3. The van der Waals surface area contributed by atoms with Crippen molar-refractivity contribution in [3.8, 4) is 0 Å². The fraction of sp³-hybridized carbons (Fsp3) is 0.480. The predicted molar refractivity (Wildman–Crippen MR) is 122 cm³/mol. The Balaban J connectivity index is 0.000000181. The number of pyridine rings is 1. The number of likely N-dealkylation sites (N-methyl/N-ethyl adjacent to an activating group) is 1. The second-order valence-corrected chi connectivity index (χ2v) is 8.70. The molecule has 0 amide bonds. The number of fused-ring (bicyclic) bond motifs is 1. The van der Waals surface area contributed by atoms with Crippen LogP contribution in [0.25, 0.3) is 0 Å². The first-order valence-corrected chi connectivity index (χ1v) is 11.1. The maximum absolute atomic E-state index is 12.5. The number of likely N-dealkylation sites (tertiary alicyclic amines) is 1. The Labute approximate surface area is 189 Å². The van der Waals surface area contributed by atoms with Gasteiger partial charge in [0.15, 0.2) is 0 Å². The summed E-state index contributed by atoms with van der Waals surface area (Å²) >= 11 is 0. The van der Waals surface area contributed by atoms with Crippen LogP contribution in [-0.4, -0.2) is 54.1 Å². The number of halogens is 3. The van der Waals surface area contributed by atoms with Crippen LogP contribution in [-0.2, 0) is 19.1 Å². The van der Waals surface area contributed by atoms with Crippen molar-refractivity contribution in [2.75, 3.05) is 33.2 Å². The summed E-state index contributed by atoms with van der Waals surface area (Å²) in [5.74, 6) is 0.604. The van der Waals surface area contributed by atoms with Gasteiger partial charge in [-0.3, -0.25) is 4.98 Å². The predicted octanol–water partition coefficient (Wildman–Crippen LogP) is 4.69. The zero-order valence-corrected chi connectivity index (χ0v) is 18.9. The summed E-state index contributed by atoms with van der Waals surface area (Å²) in [7, 11) is 2.20. The van der Waals surface area contributed by atoms with Gasteiger partial charge >= 0.3 is 6.18 Å². The van der Waals surface area contributed by atoms with Crippen molar-refractivity contribution >= 4 is 0 Å². The Kier molecular flexibility index (Phi) is 8.32. The fourth-order valence-corrected chi connectivity index (χ4v) is 4.10. The highest BCUT2D eigenvalue weighted by atomic mass is 19.4. The summed E-state index contributed by atoms with van der Waals surface area (Å²) in [5.41, 5.74) is 2.14. The lowest BCUT2D eigenvalue weighted by Crippen LogP contribution is -2.34. The van der Waals surface area contributed by atoms with Crippen LogP contribution in [0.5, 0.6) is 0 Å². The summed E-state index contributed by atoms with van der Waals surface area (Å²) in [6.07, 6.45) is 0.182. The van der Waals surface area contributed by atoms with E-state index in [1.54, 1.807) is 6.20 Å². The number of hydrogen-bond donors (Lipinski definition) is 1. The highest BCUT2D eigenvalue weighted by Gasteiger charge is 2.32. The molecule has 174 valence electrons. The lowest BCUT2D eigenvalue weighted by Gasteiger charge is -2.27. The lowest BCUT2D eigenvalue weighted by molar-refractivity contribution is -0.137. The van der Waals surface area contributed by atoms with Crippen LogP contribution in [0.1, 0.15) is 41.6 Å². The van der Waals surface area contributed by atoms with Crippen LogP contribution in [0.4, 0.5) is 13.2 Å². The van der Waals surface area contributed by atoms with Crippen molar-refractivity contribution in [3.05, 3.63) is 77.8 Å². The third-order valence-corrected chi connectivity index (χ3v) is 6.13. The fourth-order valence-electron chi connectivity index (χ4n) is 4.10. The molecule has 2 aliphatic heterocycles. The first kappa shape index (κ1) is 24.3. The van der Waals surface area contributed by atoms with Gasteiger partial charge in [-0.05, 0) is 49.3 Å². The van der Waals surface area contributed by atoms with E-state index in [0.29, 0.717) is 30.5 Å². The molecule has 1 aromatic carbocycles. The molecule has 1 fully saturated rings. The summed E-state index contributed by atoms with van der Waals surface area (Å²) in [6, 6.07) is 12.6. The van der Waals surface area contributed by atoms with Gasteiger partial charge < -0.3 is 15.1 Å². The molecule has 0 bridgehead atoms. The first-order chi connectivity index (χ1) is 15.3. The van der Waals surface area contributed by atoms with Gasteiger partial charge in [0.1, 0.15) is 0 Å². The Hall–Kier alpha value is -2.38. The molecule has 1 saturated heterocycles. The molecule has 32 heavy (non-hydrogen) atoms. The summed E-state index contributed by atoms with van der Waals surface area (Å²) in [5, 5.41) is 3.67. The van der Waals surface area contributed by atoms with E-state index in [1.807, 2.05) is 4.90 Å². The molecule has 1 aromatic heterocycles. The van der Waals surface area contributed by atoms with Crippen LogP contribution in [0.15, 0.2) is 55.4 Å². The van der Waals surface area contributed by atoms with E-state index in [9.17, 15) is 13.2 Å². The Morgan fingerprint density at radius 2 is 2.00 bits per heavy atom.